The molecular weight excluding hydrogens is 268 g/mol. The van der Waals surface area contributed by atoms with E-state index in [4.69, 9.17) is 5.11 Å². The third kappa shape index (κ3) is 3.44. The third-order valence-electron chi connectivity index (χ3n) is 2.12. The number of hydrogen-bond donors (Lipinski definition) is 1. The number of hydrogen-bond acceptors (Lipinski definition) is 5. The first-order valence-corrected chi connectivity index (χ1v) is 4.78. The van der Waals surface area contributed by atoms with E-state index in [2.05, 4.69) is 4.74 Å². The summed E-state index contributed by atoms with van der Waals surface area (Å²) in [7, 11) is 0. The molecule has 0 aliphatic heterocycles. The van der Waals surface area contributed by atoms with Crippen molar-refractivity contribution in [2.24, 2.45) is 0 Å². The molecule has 0 amide bonds. The molecule has 0 aromatic heterocycles. The quantitative estimate of drug-likeness (QED) is 0.480. The maximum Gasteiger partial charge on any atom is 0.387 e. The Labute approximate surface area is 104 Å². The van der Waals surface area contributed by atoms with Gasteiger partial charge in [0.15, 0.2) is 6.29 Å². The number of halogens is 2. The molecule has 1 aromatic rings. The summed E-state index contributed by atoms with van der Waals surface area (Å²) >= 11 is 0. The van der Waals surface area contributed by atoms with Crippen LogP contribution in [0, 0.1) is 10.1 Å². The minimum atomic E-state index is -3.26. The fraction of sp³-hybridized carbons (Fsp3) is 0.200. The van der Waals surface area contributed by atoms with Gasteiger partial charge in [-0.1, -0.05) is 0 Å². The normalized spacial score (nSPS) is 10.3. The number of aliphatic carboxylic acids is 1. The predicted octanol–water partition coefficient (Wildman–Crippen LogP) is 1.64. The van der Waals surface area contributed by atoms with E-state index in [1.807, 2.05) is 0 Å². The average Bonchev–Trinajstić information content (AvgIpc) is 2.28. The van der Waals surface area contributed by atoms with Crippen molar-refractivity contribution in [2.75, 3.05) is 0 Å². The number of ether oxygens (including phenoxy) is 1. The Balaban J connectivity index is 3.42. The zero-order valence-corrected chi connectivity index (χ0v) is 9.21. The Morgan fingerprint density at radius 2 is 2.16 bits per heavy atom. The first-order chi connectivity index (χ1) is 8.86. The van der Waals surface area contributed by atoms with E-state index in [0.29, 0.717) is 0 Å². The van der Waals surface area contributed by atoms with Gasteiger partial charge in [0.2, 0.25) is 0 Å². The van der Waals surface area contributed by atoms with E-state index in [1.165, 1.54) is 0 Å². The maximum absolute atomic E-state index is 12.1. The van der Waals surface area contributed by atoms with E-state index in [9.17, 15) is 28.5 Å². The Hall–Kier alpha value is -2.58. The third-order valence-corrected chi connectivity index (χ3v) is 2.12. The number of nitro groups is 1. The Morgan fingerprint density at radius 3 is 2.58 bits per heavy atom. The Morgan fingerprint density at radius 1 is 1.53 bits per heavy atom. The smallest absolute Gasteiger partial charge is 0.387 e. The highest BCUT2D eigenvalue weighted by Crippen LogP contribution is 2.32. The standard InChI is InChI=1S/C10H7F2NO6/c11-10(12)19-7-2-1-5(3-8(15)16)9(13(17)18)6(7)4-14/h1-2,4,10H,3H2,(H,15,16). The zero-order valence-electron chi connectivity index (χ0n) is 9.21. The summed E-state index contributed by atoms with van der Waals surface area (Å²) in [6, 6.07) is 1.85. The van der Waals surface area contributed by atoms with Crippen molar-refractivity contribution >= 4 is 17.9 Å². The van der Waals surface area contributed by atoms with Crippen LogP contribution in [0.1, 0.15) is 15.9 Å². The van der Waals surface area contributed by atoms with Crippen LogP contribution in [-0.2, 0) is 11.2 Å². The lowest BCUT2D eigenvalue weighted by molar-refractivity contribution is -0.385. The van der Waals surface area contributed by atoms with Crippen LogP contribution in [0.3, 0.4) is 0 Å². The molecule has 0 aliphatic carbocycles. The lowest BCUT2D eigenvalue weighted by Gasteiger charge is -2.09. The summed E-state index contributed by atoms with van der Waals surface area (Å²) in [5.41, 5.74) is -1.85. The summed E-state index contributed by atoms with van der Waals surface area (Å²) in [6.45, 7) is -3.26. The van der Waals surface area contributed by atoms with Gasteiger partial charge >= 0.3 is 12.6 Å². The molecule has 19 heavy (non-hydrogen) atoms. The lowest BCUT2D eigenvalue weighted by Crippen LogP contribution is -2.10. The number of rotatable bonds is 6. The number of aldehydes is 1. The molecule has 9 heteroatoms. The Bertz CT molecular complexity index is 531. The van der Waals surface area contributed by atoms with Gasteiger partial charge in [0.05, 0.1) is 11.3 Å². The maximum atomic E-state index is 12.1. The number of carboxylic acids is 1. The number of benzene rings is 1. The van der Waals surface area contributed by atoms with Crippen molar-refractivity contribution < 1.29 is 33.1 Å². The van der Waals surface area contributed by atoms with Gasteiger partial charge in [0.25, 0.3) is 5.69 Å². The highest BCUT2D eigenvalue weighted by Gasteiger charge is 2.26. The van der Waals surface area contributed by atoms with E-state index in [1.54, 1.807) is 0 Å². The topological polar surface area (TPSA) is 107 Å². The van der Waals surface area contributed by atoms with Gasteiger partial charge in [-0.25, -0.2) is 0 Å². The van der Waals surface area contributed by atoms with E-state index in [0.717, 1.165) is 12.1 Å². The van der Waals surface area contributed by atoms with Crippen molar-refractivity contribution in [3.63, 3.8) is 0 Å². The van der Waals surface area contributed by atoms with E-state index in [-0.39, 0.29) is 11.8 Å². The molecule has 7 nitrogen and oxygen atoms in total. The molecule has 0 fully saturated rings. The summed E-state index contributed by atoms with van der Waals surface area (Å²) in [4.78, 5) is 31.2. The van der Waals surface area contributed by atoms with Crippen LogP contribution in [0.2, 0.25) is 0 Å². The SMILES string of the molecule is O=Cc1c(OC(F)F)ccc(CC(=O)O)c1[N+](=O)[O-]. The number of carboxylic acid groups (broad SMARTS) is 1. The lowest BCUT2D eigenvalue weighted by atomic mass is 10.0. The highest BCUT2D eigenvalue weighted by atomic mass is 19.3. The van der Waals surface area contributed by atoms with E-state index >= 15 is 0 Å². The molecule has 0 saturated heterocycles. The van der Waals surface area contributed by atoms with Crippen molar-refractivity contribution in [2.45, 2.75) is 13.0 Å². The van der Waals surface area contributed by atoms with Gasteiger partial charge in [-0.3, -0.25) is 19.7 Å². The van der Waals surface area contributed by atoms with Gasteiger partial charge in [-0.15, -0.1) is 0 Å². The van der Waals surface area contributed by atoms with Gasteiger partial charge in [-0.05, 0) is 12.1 Å². The second kappa shape index (κ2) is 5.85. The summed E-state index contributed by atoms with van der Waals surface area (Å²) < 4.78 is 28.1. The second-order valence-electron chi connectivity index (χ2n) is 3.31. The second-order valence-corrected chi connectivity index (χ2v) is 3.31. The van der Waals surface area contributed by atoms with Crippen molar-refractivity contribution in [1.29, 1.82) is 0 Å². The van der Waals surface area contributed by atoms with Crippen LogP contribution >= 0.6 is 0 Å². The molecule has 0 spiro atoms. The largest absolute Gasteiger partial charge is 0.481 e. The van der Waals surface area contributed by atoms with Crippen LogP contribution in [-0.4, -0.2) is 28.9 Å². The number of nitro benzene ring substituents is 1. The molecular formula is C10H7F2NO6. The number of alkyl halides is 2. The molecule has 102 valence electrons. The molecule has 0 saturated carbocycles. The average molecular weight is 275 g/mol. The molecule has 1 N–H and O–H groups in total. The summed E-state index contributed by atoms with van der Waals surface area (Å²) in [6.07, 6.45) is -0.743. The van der Waals surface area contributed by atoms with E-state index < -0.39 is 40.9 Å². The number of nitrogens with zero attached hydrogens (tertiary/aromatic N) is 1. The van der Waals surface area contributed by atoms with Crippen molar-refractivity contribution in [3.05, 3.63) is 33.4 Å². The van der Waals surface area contributed by atoms with Crippen LogP contribution in [0.15, 0.2) is 12.1 Å². The molecule has 1 rings (SSSR count). The summed E-state index contributed by atoms with van der Waals surface area (Å²) in [5.74, 6) is -2.03. The highest BCUT2D eigenvalue weighted by molar-refractivity contribution is 5.88. The molecule has 0 aliphatic rings. The zero-order chi connectivity index (χ0) is 14.6. The minimum Gasteiger partial charge on any atom is -0.481 e. The fourth-order valence-electron chi connectivity index (χ4n) is 1.47. The fourth-order valence-corrected chi connectivity index (χ4v) is 1.47. The number of carbonyl (C=O) groups excluding carboxylic acids is 1. The van der Waals surface area contributed by atoms with Crippen LogP contribution in [0.5, 0.6) is 5.75 Å². The van der Waals surface area contributed by atoms with Crippen LogP contribution in [0.4, 0.5) is 14.5 Å². The van der Waals surface area contributed by atoms with Gasteiger partial charge in [0.1, 0.15) is 11.3 Å². The Kier molecular flexibility index (Phi) is 4.46. The summed E-state index contributed by atoms with van der Waals surface area (Å²) in [5, 5.41) is 19.4. The van der Waals surface area contributed by atoms with Gasteiger partial charge in [-0.2, -0.15) is 8.78 Å². The van der Waals surface area contributed by atoms with Gasteiger partial charge in [0, 0.05) is 5.56 Å². The molecule has 0 unspecified atom stereocenters. The van der Waals surface area contributed by atoms with Crippen LogP contribution in [0.25, 0.3) is 0 Å². The first-order valence-electron chi connectivity index (χ1n) is 4.78. The molecule has 1 aromatic carbocycles. The first kappa shape index (κ1) is 14.5. The predicted molar refractivity (Wildman–Crippen MR) is 56.5 cm³/mol. The molecule has 0 radical (unpaired) electrons. The minimum absolute atomic E-state index is 0.0266. The molecule has 0 bridgehead atoms. The molecule has 0 heterocycles. The molecule has 0 atom stereocenters. The van der Waals surface area contributed by atoms with Gasteiger partial charge < -0.3 is 9.84 Å². The number of carbonyl (C=O) groups is 2. The monoisotopic (exact) mass is 275 g/mol. The van der Waals surface area contributed by atoms with Crippen LogP contribution < -0.4 is 4.74 Å². The van der Waals surface area contributed by atoms with Crippen molar-refractivity contribution in [3.8, 4) is 5.75 Å². The van der Waals surface area contributed by atoms with Crippen molar-refractivity contribution in [1.82, 2.24) is 0 Å².